The Hall–Kier alpha value is -3.26. The van der Waals surface area contributed by atoms with E-state index in [4.69, 9.17) is 9.47 Å². The number of benzene rings is 2. The van der Waals surface area contributed by atoms with Crippen LogP contribution < -0.4 is 14.8 Å². The van der Waals surface area contributed by atoms with Crippen LogP contribution in [-0.2, 0) is 4.79 Å². The SMILES string of the molecule is Cc1cc(C)c(NC(=O)/C(C#N)=C/c2ccc3c(c2)OCCO3)c(C)c1. The van der Waals surface area contributed by atoms with Crippen LogP contribution in [0.1, 0.15) is 22.3 Å². The van der Waals surface area contributed by atoms with Crippen molar-refractivity contribution in [3.05, 3.63) is 58.2 Å². The summed E-state index contributed by atoms with van der Waals surface area (Å²) >= 11 is 0. The molecule has 0 spiro atoms. The number of hydrogen-bond donors (Lipinski definition) is 1. The number of carbonyl (C=O) groups excluding carboxylic acids is 1. The highest BCUT2D eigenvalue weighted by Gasteiger charge is 2.15. The minimum atomic E-state index is -0.433. The van der Waals surface area contributed by atoms with E-state index in [2.05, 4.69) is 5.32 Å². The highest BCUT2D eigenvalue weighted by atomic mass is 16.6. The van der Waals surface area contributed by atoms with Gasteiger partial charge in [0.2, 0.25) is 0 Å². The third-order valence-corrected chi connectivity index (χ3v) is 4.16. The fraction of sp³-hybridized carbons (Fsp3) is 0.238. The van der Waals surface area contributed by atoms with Crippen molar-refractivity contribution in [1.29, 1.82) is 5.26 Å². The number of carbonyl (C=O) groups is 1. The number of nitrogens with one attached hydrogen (secondary N) is 1. The van der Waals surface area contributed by atoms with Gasteiger partial charge in [0.1, 0.15) is 24.9 Å². The molecule has 0 radical (unpaired) electrons. The maximum Gasteiger partial charge on any atom is 0.266 e. The van der Waals surface area contributed by atoms with E-state index in [1.165, 1.54) is 0 Å². The van der Waals surface area contributed by atoms with Gasteiger partial charge in [0.25, 0.3) is 5.91 Å². The van der Waals surface area contributed by atoms with Crippen molar-refractivity contribution in [1.82, 2.24) is 0 Å². The molecule has 1 aliphatic heterocycles. The van der Waals surface area contributed by atoms with Crippen LogP contribution in [-0.4, -0.2) is 19.1 Å². The zero-order valence-corrected chi connectivity index (χ0v) is 15.1. The lowest BCUT2D eigenvalue weighted by molar-refractivity contribution is -0.112. The van der Waals surface area contributed by atoms with Crippen molar-refractivity contribution in [3.63, 3.8) is 0 Å². The van der Waals surface area contributed by atoms with E-state index in [0.717, 1.165) is 22.4 Å². The van der Waals surface area contributed by atoms with Crippen LogP contribution in [0.3, 0.4) is 0 Å². The van der Waals surface area contributed by atoms with Gasteiger partial charge in [-0.1, -0.05) is 23.8 Å². The van der Waals surface area contributed by atoms with Gasteiger partial charge in [0.15, 0.2) is 11.5 Å². The molecule has 0 aromatic heterocycles. The van der Waals surface area contributed by atoms with E-state index >= 15 is 0 Å². The summed E-state index contributed by atoms with van der Waals surface area (Å²) in [6.45, 7) is 6.88. The molecule has 3 rings (SSSR count). The van der Waals surface area contributed by atoms with E-state index in [1.54, 1.807) is 24.3 Å². The van der Waals surface area contributed by atoms with Crippen molar-refractivity contribution in [3.8, 4) is 17.6 Å². The second kappa shape index (κ2) is 7.32. The summed E-state index contributed by atoms with van der Waals surface area (Å²) in [5.74, 6) is 0.854. The molecule has 5 heteroatoms. The summed E-state index contributed by atoms with van der Waals surface area (Å²) in [4.78, 5) is 12.6. The Kier molecular flexibility index (Phi) is 4.94. The lowest BCUT2D eigenvalue weighted by atomic mass is 10.0. The second-order valence-corrected chi connectivity index (χ2v) is 6.30. The summed E-state index contributed by atoms with van der Waals surface area (Å²) in [6, 6.07) is 11.3. The summed E-state index contributed by atoms with van der Waals surface area (Å²) in [7, 11) is 0. The van der Waals surface area contributed by atoms with Gasteiger partial charge in [-0.25, -0.2) is 0 Å². The molecule has 0 saturated carbocycles. The van der Waals surface area contributed by atoms with Gasteiger partial charge in [-0.15, -0.1) is 0 Å². The van der Waals surface area contributed by atoms with Crippen LogP contribution in [0.5, 0.6) is 11.5 Å². The predicted octanol–water partition coefficient (Wildman–Crippen LogP) is 3.93. The van der Waals surface area contributed by atoms with Crippen molar-refractivity contribution in [2.45, 2.75) is 20.8 Å². The first-order chi connectivity index (χ1) is 12.5. The van der Waals surface area contributed by atoms with E-state index in [9.17, 15) is 10.1 Å². The van der Waals surface area contributed by atoms with E-state index in [1.807, 2.05) is 39.0 Å². The van der Waals surface area contributed by atoms with Crippen LogP contribution in [0.15, 0.2) is 35.9 Å². The molecule has 0 fully saturated rings. The maximum absolute atomic E-state index is 12.6. The largest absolute Gasteiger partial charge is 0.486 e. The molecular formula is C21H20N2O3. The average molecular weight is 348 g/mol. The van der Waals surface area contributed by atoms with Crippen molar-refractivity contribution >= 4 is 17.7 Å². The molecule has 2 aromatic carbocycles. The van der Waals surface area contributed by atoms with Gasteiger partial charge >= 0.3 is 0 Å². The molecular weight excluding hydrogens is 328 g/mol. The summed E-state index contributed by atoms with van der Waals surface area (Å²) in [6.07, 6.45) is 1.55. The van der Waals surface area contributed by atoms with Crippen LogP contribution in [0.4, 0.5) is 5.69 Å². The number of fused-ring (bicyclic) bond motifs is 1. The number of nitrogens with zero attached hydrogens (tertiary/aromatic N) is 1. The quantitative estimate of drug-likeness (QED) is 0.674. The van der Waals surface area contributed by atoms with Gasteiger partial charge in [-0.3, -0.25) is 4.79 Å². The Balaban J connectivity index is 1.86. The van der Waals surface area contributed by atoms with Crippen LogP contribution in [0.2, 0.25) is 0 Å². The monoisotopic (exact) mass is 348 g/mol. The van der Waals surface area contributed by atoms with E-state index in [-0.39, 0.29) is 5.57 Å². The molecule has 5 nitrogen and oxygen atoms in total. The summed E-state index contributed by atoms with van der Waals surface area (Å²) in [5, 5.41) is 12.3. The van der Waals surface area contributed by atoms with Gasteiger partial charge < -0.3 is 14.8 Å². The normalized spacial score (nSPS) is 13.1. The number of rotatable bonds is 3. The van der Waals surface area contributed by atoms with Crippen LogP contribution in [0.25, 0.3) is 6.08 Å². The van der Waals surface area contributed by atoms with E-state index in [0.29, 0.717) is 30.3 Å². The molecule has 0 aliphatic carbocycles. The Morgan fingerprint density at radius 1 is 1.08 bits per heavy atom. The molecule has 1 N–H and O–H groups in total. The molecule has 1 aliphatic rings. The maximum atomic E-state index is 12.6. The fourth-order valence-corrected chi connectivity index (χ4v) is 3.02. The standard InChI is InChI=1S/C21H20N2O3/c1-13-8-14(2)20(15(3)9-13)23-21(24)17(12-22)10-16-4-5-18-19(11-16)26-7-6-25-18/h4-5,8-11H,6-7H2,1-3H3,(H,23,24)/b17-10+. The van der Waals surface area contributed by atoms with Gasteiger partial charge in [-0.05, 0) is 55.7 Å². The Morgan fingerprint density at radius 3 is 2.38 bits per heavy atom. The minimum Gasteiger partial charge on any atom is -0.486 e. The molecule has 0 unspecified atom stereocenters. The van der Waals surface area contributed by atoms with Crippen LogP contribution in [0, 0.1) is 32.1 Å². The predicted molar refractivity (Wildman–Crippen MR) is 100 cm³/mol. The number of ether oxygens (including phenoxy) is 2. The first kappa shape index (κ1) is 17.6. The number of hydrogen-bond acceptors (Lipinski definition) is 4. The van der Waals surface area contributed by atoms with Crippen molar-refractivity contribution in [2.75, 3.05) is 18.5 Å². The first-order valence-corrected chi connectivity index (χ1v) is 8.38. The highest BCUT2D eigenvalue weighted by Crippen LogP contribution is 2.31. The average Bonchev–Trinajstić information content (AvgIpc) is 2.62. The van der Waals surface area contributed by atoms with Gasteiger partial charge in [-0.2, -0.15) is 5.26 Å². The lowest BCUT2D eigenvalue weighted by Crippen LogP contribution is -2.16. The smallest absolute Gasteiger partial charge is 0.266 e. The summed E-state index contributed by atoms with van der Waals surface area (Å²) < 4.78 is 11.0. The zero-order chi connectivity index (χ0) is 18.7. The molecule has 0 atom stereocenters. The molecule has 0 bridgehead atoms. The molecule has 26 heavy (non-hydrogen) atoms. The third kappa shape index (κ3) is 3.70. The number of nitriles is 1. The molecule has 132 valence electrons. The zero-order valence-electron chi connectivity index (χ0n) is 15.1. The Labute approximate surface area is 152 Å². The number of anilines is 1. The van der Waals surface area contributed by atoms with Gasteiger partial charge in [0.05, 0.1) is 0 Å². The van der Waals surface area contributed by atoms with Crippen molar-refractivity contribution < 1.29 is 14.3 Å². The second-order valence-electron chi connectivity index (χ2n) is 6.30. The topological polar surface area (TPSA) is 71.4 Å². The Bertz CT molecular complexity index is 916. The van der Waals surface area contributed by atoms with Crippen LogP contribution >= 0.6 is 0 Å². The minimum absolute atomic E-state index is 0.0288. The number of aryl methyl sites for hydroxylation is 3. The highest BCUT2D eigenvalue weighted by molar-refractivity contribution is 6.10. The molecule has 1 heterocycles. The van der Waals surface area contributed by atoms with Gasteiger partial charge in [0, 0.05) is 5.69 Å². The molecule has 2 aromatic rings. The molecule has 1 amide bonds. The van der Waals surface area contributed by atoms with E-state index < -0.39 is 5.91 Å². The fourth-order valence-electron chi connectivity index (χ4n) is 3.02. The lowest BCUT2D eigenvalue weighted by Gasteiger charge is -2.18. The number of amides is 1. The Morgan fingerprint density at radius 2 is 1.73 bits per heavy atom. The van der Waals surface area contributed by atoms with Crippen molar-refractivity contribution in [2.24, 2.45) is 0 Å². The first-order valence-electron chi connectivity index (χ1n) is 8.38. The molecule has 0 saturated heterocycles. The third-order valence-electron chi connectivity index (χ3n) is 4.16. The summed E-state index contributed by atoms with van der Waals surface area (Å²) in [5.41, 5.74) is 4.54.